The topological polar surface area (TPSA) is 52.2 Å². The van der Waals surface area contributed by atoms with Gasteiger partial charge in [-0.15, -0.1) is 0 Å². The fourth-order valence-electron chi connectivity index (χ4n) is 1.36. The Balaban J connectivity index is 0.000001000. The molecule has 0 radical (unpaired) electrons. The molecule has 0 aromatic carbocycles. The maximum absolute atomic E-state index is 9.98. The number of hydrogen-bond acceptors (Lipinski definition) is 3. The standard InChI is InChI=1S/C7H13NO2.Na/c9-7(10)5-8-6-3-1-2-4-6;/h6,8H,1-5H2,(H,9,10);/q;+1/p-1. The van der Waals surface area contributed by atoms with Gasteiger partial charge in [0.2, 0.25) is 0 Å². The number of rotatable bonds is 3. The maximum atomic E-state index is 9.98. The number of nitrogens with one attached hydrogen (secondary N) is 1. The molecule has 0 aromatic heterocycles. The Morgan fingerprint density at radius 2 is 2.00 bits per heavy atom. The molecule has 3 nitrogen and oxygen atoms in total. The van der Waals surface area contributed by atoms with E-state index >= 15 is 0 Å². The second-order valence-corrected chi connectivity index (χ2v) is 2.73. The van der Waals surface area contributed by atoms with E-state index in [1.165, 1.54) is 12.8 Å². The molecule has 0 saturated heterocycles. The maximum Gasteiger partial charge on any atom is 1.00 e. The molecule has 1 aliphatic rings. The van der Waals surface area contributed by atoms with Gasteiger partial charge in [-0.3, -0.25) is 0 Å². The molecule has 1 aliphatic carbocycles. The van der Waals surface area contributed by atoms with Crippen molar-refractivity contribution in [2.45, 2.75) is 31.7 Å². The smallest absolute Gasteiger partial charge is 0.549 e. The molecule has 4 heteroatoms. The number of hydrogen-bond donors (Lipinski definition) is 1. The number of carboxylic acid groups (broad SMARTS) is 1. The van der Waals surface area contributed by atoms with Crippen LogP contribution in [0.2, 0.25) is 0 Å². The van der Waals surface area contributed by atoms with Gasteiger partial charge in [0.1, 0.15) is 0 Å². The minimum Gasteiger partial charge on any atom is -0.549 e. The third-order valence-electron chi connectivity index (χ3n) is 1.89. The summed E-state index contributed by atoms with van der Waals surface area (Å²) in [6, 6.07) is 0.429. The molecule has 0 amide bonds. The zero-order chi connectivity index (χ0) is 7.40. The van der Waals surface area contributed by atoms with E-state index in [0.29, 0.717) is 6.04 Å². The van der Waals surface area contributed by atoms with Crippen LogP contribution < -0.4 is 40.0 Å². The summed E-state index contributed by atoms with van der Waals surface area (Å²) in [5.41, 5.74) is 0. The van der Waals surface area contributed by atoms with Crippen molar-refractivity contribution in [2.75, 3.05) is 6.54 Å². The molecule has 1 N–H and O–H groups in total. The van der Waals surface area contributed by atoms with Gasteiger partial charge in [-0.1, -0.05) is 12.8 Å². The third kappa shape index (κ3) is 4.80. The first-order chi connectivity index (χ1) is 4.79. The summed E-state index contributed by atoms with van der Waals surface area (Å²) in [7, 11) is 0. The Labute approximate surface area is 88.8 Å². The van der Waals surface area contributed by atoms with Crippen molar-refractivity contribution in [2.24, 2.45) is 0 Å². The summed E-state index contributed by atoms with van der Waals surface area (Å²) >= 11 is 0. The summed E-state index contributed by atoms with van der Waals surface area (Å²) in [5, 5.41) is 12.9. The average Bonchev–Trinajstić information content (AvgIpc) is 2.34. The predicted molar refractivity (Wildman–Crippen MR) is 35.3 cm³/mol. The van der Waals surface area contributed by atoms with E-state index in [-0.39, 0.29) is 36.1 Å². The van der Waals surface area contributed by atoms with E-state index in [0.717, 1.165) is 12.8 Å². The molecule has 1 rings (SSSR count). The molecule has 58 valence electrons. The van der Waals surface area contributed by atoms with E-state index in [4.69, 9.17) is 0 Å². The number of aliphatic carboxylic acids is 1. The van der Waals surface area contributed by atoms with Gasteiger partial charge in [0.05, 0.1) is 5.97 Å². The Bertz CT molecular complexity index is 124. The van der Waals surface area contributed by atoms with E-state index in [1.54, 1.807) is 0 Å². The van der Waals surface area contributed by atoms with Crippen LogP contribution in [0.4, 0.5) is 0 Å². The summed E-state index contributed by atoms with van der Waals surface area (Å²) in [6.45, 7) is 0.00463. The van der Waals surface area contributed by atoms with Crippen molar-refractivity contribution in [3.05, 3.63) is 0 Å². The van der Waals surface area contributed by atoms with E-state index in [9.17, 15) is 9.90 Å². The van der Waals surface area contributed by atoms with Crippen molar-refractivity contribution in [3.63, 3.8) is 0 Å². The second kappa shape index (κ2) is 6.00. The van der Waals surface area contributed by atoms with Crippen molar-refractivity contribution < 1.29 is 39.5 Å². The quantitative estimate of drug-likeness (QED) is 0.437. The van der Waals surface area contributed by atoms with Crippen LogP contribution in [-0.2, 0) is 4.79 Å². The predicted octanol–water partition coefficient (Wildman–Crippen LogP) is -3.73. The second-order valence-electron chi connectivity index (χ2n) is 2.73. The van der Waals surface area contributed by atoms with E-state index in [1.807, 2.05) is 0 Å². The van der Waals surface area contributed by atoms with Crippen molar-refractivity contribution in [3.8, 4) is 0 Å². The fourth-order valence-corrected chi connectivity index (χ4v) is 1.36. The largest absolute Gasteiger partial charge is 1.00 e. The van der Waals surface area contributed by atoms with E-state index < -0.39 is 5.97 Å². The minimum atomic E-state index is -1.01. The monoisotopic (exact) mass is 165 g/mol. The number of carbonyl (C=O) groups is 1. The first-order valence-electron chi connectivity index (χ1n) is 3.72. The van der Waals surface area contributed by atoms with Crippen LogP contribution in [0.5, 0.6) is 0 Å². The summed E-state index contributed by atoms with van der Waals surface area (Å²) < 4.78 is 0. The van der Waals surface area contributed by atoms with Crippen LogP contribution in [0, 0.1) is 0 Å². The normalized spacial score (nSPS) is 17.8. The van der Waals surface area contributed by atoms with Gasteiger partial charge >= 0.3 is 29.6 Å². The van der Waals surface area contributed by atoms with Gasteiger partial charge < -0.3 is 15.2 Å². The average molecular weight is 165 g/mol. The fraction of sp³-hybridized carbons (Fsp3) is 0.857. The number of carboxylic acids is 1. The van der Waals surface area contributed by atoms with Crippen LogP contribution in [0.1, 0.15) is 25.7 Å². The summed E-state index contributed by atoms with van der Waals surface area (Å²) in [6.07, 6.45) is 4.69. The van der Waals surface area contributed by atoms with Crippen molar-refractivity contribution >= 4 is 5.97 Å². The minimum absolute atomic E-state index is 0. The first-order valence-corrected chi connectivity index (χ1v) is 3.72. The molecule has 11 heavy (non-hydrogen) atoms. The molecule has 0 bridgehead atoms. The molecular formula is C7H12NNaO2. The summed E-state index contributed by atoms with van der Waals surface area (Å²) in [4.78, 5) is 9.98. The Morgan fingerprint density at radius 3 is 2.45 bits per heavy atom. The third-order valence-corrected chi connectivity index (χ3v) is 1.89. The van der Waals surface area contributed by atoms with Gasteiger partial charge in [0.25, 0.3) is 0 Å². The SMILES string of the molecule is O=C([O-])CNC1CCCC1.[Na+]. The van der Waals surface area contributed by atoms with Gasteiger partial charge in [-0.05, 0) is 12.8 Å². The van der Waals surface area contributed by atoms with Crippen molar-refractivity contribution in [1.82, 2.24) is 5.32 Å². The van der Waals surface area contributed by atoms with Crippen molar-refractivity contribution in [1.29, 1.82) is 0 Å². The molecular weight excluding hydrogens is 153 g/mol. The molecule has 0 aliphatic heterocycles. The first kappa shape index (κ1) is 11.4. The molecule has 1 fully saturated rings. The Morgan fingerprint density at radius 1 is 1.45 bits per heavy atom. The zero-order valence-electron chi connectivity index (χ0n) is 6.93. The van der Waals surface area contributed by atoms with Gasteiger partial charge in [0, 0.05) is 12.6 Å². The Hall–Kier alpha value is 0.430. The summed E-state index contributed by atoms with van der Waals surface area (Å²) in [5.74, 6) is -1.01. The molecule has 0 atom stereocenters. The molecule has 0 unspecified atom stereocenters. The van der Waals surface area contributed by atoms with Crippen LogP contribution in [0.25, 0.3) is 0 Å². The van der Waals surface area contributed by atoms with Crippen LogP contribution in [-0.4, -0.2) is 18.6 Å². The van der Waals surface area contributed by atoms with Gasteiger partial charge in [-0.25, -0.2) is 0 Å². The van der Waals surface area contributed by atoms with Gasteiger partial charge in [-0.2, -0.15) is 0 Å². The van der Waals surface area contributed by atoms with Gasteiger partial charge in [0.15, 0.2) is 0 Å². The molecule has 0 spiro atoms. The van der Waals surface area contributed by atoms with Crippen LogP contribution >= 0.6 is 0 Å². The Kier molecular flexibility index (Phi) is 6.24. The van der Waals surface area contributed by atoms with Crippen LogP contribution in [0.15, 0.2) is 0 Å². The number of carbonyl (C=O) groups excluding carboxylic acids is 1. The molecule has 0 aromatic rings. The zero-order valence-corrected chi connectivity index (χ0v) is 8.93. The van der Waals surface area contributed by atoms with Crippen LogP contribution in [0.3, 0.4) is 0 Å². The molecule has 0 heterocycles. The molecule has 1 saturated carbocycles. The van der Waals surface area contributed by atoms with E-state index in [2.05, 4.69) is 5.32 Å².